The van der Waals surface area contributed by atoms with Crippen molar-refractivity contribution in [2.45, 2.75) is 53.0 Å². The summed E-state index contributed by atoms with van der Waals surface area (Å²) in [6, 6.07) is 6.57. The molecule has 1 aromatic heterocycles. The number of carbonyl (C=O) groups excluding carboxylic acids is 3. The van der Waals surface area contributed by atoms with Crippen molar-refractivity contribution in [3.05, 3.63) is 52.3 Å². The summed E-state index contributed by atoms with van der Waals surface area (Å²) in [5.74, 6) is -0.708. The lowest BCUT2D eigenvalue weighted by Gasteiger charge is -2.36. The van der Waals surface area contributed by atoms with E-state index in [1.807, 2.05) is 25.5 Å². The summed E-state index contributed by atoms with van der Waals surface area (Å²) in [6.07, 6.45) is 3.22. The lowest BCUT2D eigenvalue weighted by molar-refractivity contribution is 0.0145. The number of aryl methyl sites for hydroxylation is 1. The van der Waals surface area contributed by atoms with E-state index in [-0.39, 0.29) is 23.8 Å². The largest absolute Gasteiger partial charge is 0.461 e. The number of carbonyl (C=O) groups is 3. The smallest absolute Gasteiger partial charge is 0.338 e. The SMILES string of the molecule is CCc1nn(CC(C)(C)COC(=O)c2cccc(C(=O)N(C)C)c2)c2c1C(=O)NCC1(CCOCC1)C2. The lowest BCUT2D eigenvalue weighted by Crippen LogP contribution is -2.41. The van der Waals surface area contributed by atoms with Gasteiger partial charge in [0.2, 0.25) is 0 Å². The number of esters is 1. The van der Waals surface area contributed by atoms with Gasteiger partial charge in [-0.15, -0.1) is 0 Å². The van der Waals surface area contributed by atoms with Crippen LogP contribution in [-0.4, -0.2) is 72.9 Å². The van der Waals surface area contributed by atoms with Crippen LogP contribution in [-0.2, 0) is 28.9 Å². The van der Waals surface area contributed by atoms with Gasteiger partial charge in [0.15, 0.2) is 0 Å². The summed E-state index contributed by atoms with van der Waals surface area (Å²) in [6.45, 7) is 8.76. The molecule has 1 saturated heterocycles. The van der Waals surface area contributed by atoms with Crippen molar-refractivity contribution >= 4 is 17.8 Å². The van der Waals surface area contributed by atoms with Crippen LogP contribution in [0.3, 0.4) is 0 Å². The first kappa shape index (κ1) is 26.9. The van der Waals surface area contributed by atoms with Crippen LogP contribution in [0, 0.1) is 10.8 Å². The summed E-state index contributed by atoms with van der Waals surface area (Å²) in [7, 11) is 3.34. The van der Waals surface area contributed by atoms with E-state index in [1.54, 1.807) is 38.4 Å². The van der Waals surface area contributed by atoms with Gasteiger partial charge >= 0.3 is 5.97 Å². The Hall–Kier alpha value is -3.20. The fourth-order valence-corrected chi connectivity index (χ4v) is 5.14. The average Bonchev–Trinajstić information content (AvgIpc) is 3.14. The Morgan fingerprint density at radius 2 is 1.92 bits per heavy atom. The number of benzene rings is 1. The molecule has 0 radical (unpaired) electrons. The van der Waals surface area contributed by atoms with Crippen LogP contribution in [0.5, 0.6) is 0 Å². The third-order valence-electron chi connectivity index (χ3n) is 7.34. The second-order valence-electron chi connectivity index (χ2n) is 11.3. The number of hydrogen-bond acceptors (Lipinski definition) is 6. The number of nitrogens with one attached hydrogen (secondary N) is 1. The topological polar surface area (TPSA) is 103 Å². The highest BCUT2D eigenvalue weighted by Gasteiger charge is 2.40. The van der Waals surface area contributed by atoms with Crippen molar-refractivity contribution in [3.63, 3.8) is 0 Å². The van der Waals surface area contributed by atoms with Gasteiger partial charge in [-0.3, -0.25) is 14.3 Å². The van der Waals surface area contributed by atoms with Gasteiger partial charge < -0.3 is 19.7 Å². The Balaban J connectivity index is 1.51. The first-order valence-corrected chi connectivity index (χ1v) is 13.0. The molecule has 1 N–H and O–H groups in total. The Morgan fingerprint density at radius 3 is 2.59 bits per heavy atom. The van der Waals surface area contributed by atoms with Gasteiger partial charge in [-0.2, -0.15) is 5.10 Å². The van der Waals surface area contributed by atoms with Gasteiger partial charge in [0.05, 0.1) is 29.1 Å². The van der Waals surface area contributed by atoms with E-state index < -0.39 is 11.4 Å². The second-order valence-corrected chi connectivity index (χ2v) is 11.3. The number of hydrogen-bond donors (Lipinski definition) is 1. The molecular formula is C28H38N4O5. The molecule has 1 fully saturated rings. The number of fused-ring (bicyclic) bond motifs is 1. The third kappa shape index (κ3) is 5.87. The predicted octanol–water partition coefficient (Wildman–Crippen LogP) is 3.11. The highest BCUT2D eigenvalue weighted by molar-refractivity contribution is 5.98. The zero-order chi connectivity index (χ0) is 26.8. The molecule has 2 amide bonds. The van der Waals surface area contributed by atoms with E-state index in [1.165, 1.54) is 4.90 Å². The highest BCUT2D eigenvalue weighted by atomic mass is 16.5. The molecule has 0 bridgehead atoms. The van der Waals surface area contributed by atoms with Crippen LogP contribution in [0.1, 0.15) is 76.1 Å². The standard InChI is InChI=1S/C28H38N4O5/c1-6-21-23-22(15-28(16-29-24(23)33)10-12-36-13-11-28)32(30-21)17-27(2,3)18-37-26(35)20-9-7-8-19(14-20)25(34)31(4)5/h7-9,14H,6,10-13,15-18H2,1-5H3,(H,29,33). The molecule has 200 valence electrons. The van der Waals surface area contributed by atoms with Gasteiger partial charge in [0.25, 0.3) is 11.8 Å². The third-order valence-corrected chi connectivity index (χ3v) is 7.34. The Labute approximate surface area is 218 Å². The maximum atomic E-state index is 13.1. The minimum absolute atomic E-state index is 0.0342. The van der Waals surface area contributed by atoms with Crippen molar-refractivity contribution in [1.82, 2.24) is 20.0 Å². The number of amides is 2. The van der Waals surface area contributed by atoms with E-state index in [2.05, 4.69) is 5.32 Å². The second kappa shape index (κ2) is 10.7. The molecule has 2 aliphatic rings. The number of rotatable bonds is 7. The zero-order valence-electron chi connectivity index (χ0n) is 22.6. The van der Waals surface area contributed by atoms with E-state index in [9.17, 15) is 14.4 Å². The summed E-state index contributed by atoms with van der Waals surface area (Å²) < 4.78 is 13.3. The molecule has 2 aromatic rings. The van der Waals surface area contributed by atoms with Crippen LogP contribution >= 0.6 is 0 Å². The minimum Gasteiger partial charge on any atom is -0.461 e. The Kier molecular flexibility index (Phi) is 7.73. The van der Waals surface area contributed by atoms with Gasteiger partial charge in [-0.05, 0) is 49.3 Å². The molecule has 0 aliphatic carbocycles. The predicted molar refractivity (Wildman–Crippen MR) is 139 cm³/mol. The minimum atomic E-state index is -0.476. The maximum absolute atomic E-state index is 13.1. The summed E-state index contributed by atoms with van der Waals surface area (Å²) in [5.41, 5.74) is 2.75. The molecule has 9 heteroatoms. The maximum Gasteiger partial charge on any atom is 0.338 e. The first-order valence-electron chi connectivity index (χ1n) is 13.0. The Bertz CT molecular complexity index is 1180. The molecule has 3 heterocycles. The molecule has 37 heavy (non-hydrogen) atoms. The number of aromatic nitrogens is 2. The monoisotopic (exact) mass is 510 g/mol. The van der Waals surface area contributed by atoms with Crippen LogP contribution in [0.2, 0.25) is 0 Å². The van der Waals surface area contributed by atoms with E-state index in [4.69, 9.17) is 14.6 Å². The molecule has 0 atom stereocenters. The Morgan fingerprint density at radius 1 is 1.22 bits per heavy atom. The van der Waals surface area contributed by atoms with Gasteiger partial charge in [-0.25, -0.2) is 4.79 Å². The first-order chi connectivity index (χ1) is 17.5. The molecular weight excluding hydrogens is 472 g/mol. The molecule has 0 saturated carbocycles. The van der Waals surface area contributed by atoms with Crippen molar-refractivity contribution in [3.8, 4) is 0 Å². The van der Waals surface area contributed by atoms with Gasteiger partial charge in [0, 0.05) is 51.4 Å². The van der Waals surface area contributed by atoms with E-state index in [0.717, 1.165) is 30.7 Å². The molecule has 9 nitrogen and oxygen atoms in total. The lowest BCUT2D eigenvalue weighted by atomic mass is 9.76. The summed E-state index contributed by atoms with van der Waals surface area (Å²) in [4.78, 5) is 39.7. The highest BCUT2D eigenvalue weighted by Crippen LogP contribution is 2.38. The molecule has 1 spiro atoms. The van der Waals surface area contributed by atoms with Crippen molar-refractivity contribution in [2.24, 2.45) is 10.8 Å². The van der Waals surface area contributed by atoms with Crippen molar-refractivity contribution in [1.29, 1.82) is 0 Å². The van der Waals surface area contributed by atoms with E-state index in [0.29, 0.717) is 49.4 Å². The van der Waals surface area contributed by atoms with Crippen molar-refractivity contribution in [2.75, 3.05) is 40.5 Å². The van der Waals surface area contributed by atoms with Crippen LogP contribution in [0.15, 0.2) is 24.3 Å². The summed E-state index contributed by atoms with van der Waals surface area (Å²) >= 11 is 0. The number of ether oxygens (including phenoxy) is 2. The van der Waals surface area contributed by atoms with Crippen molar-refractivity contribution < 1.29 is 23.9 Å². The molecule has 4 rings (SSSR count). The average molecular weight is 511 g/mol. The fraction of sp³-hybridized carbons (Fsp3) is 0.571. The van der Waals surface area contributed by atoms with E-state index >= 15 is 0 Å². The number of nitrogens with zero attached hydrogens (tertiary/aromatic N) is 3. The summed E-state index contributed by atoms with van der Waals surface area (Å²) in [5, 5.41) is 7.99. The molecule has 2 aliphatic heterocycles. The van der Waals surface area contributed by atoms with Gasteiger partial charge in [0.1, 0.15) is 0 Å². The van der Waals surface area contributed by atoms with Crippen LogP contribution in [0.4, 0.5) is 0 Å². The van der Waals surface area contributed by atoms with Gasteiger partial charge in [-0.1, -0.05) is 26.8 Å². The molecule has 0 unspecified atom stereocenters. The quantitative estimate of drug-likeness (QED) is 0.574. The fourth-order valence-electron chi connectivity index (χ4n) is 5.14. The zero-order valence-corrected chi connectivity index (χ0v) is 22.6. The normalized spacial score (nSPS) is 17.1. The molecule has 1 aromatic carbocycles. The van der Waals surface area contributed by atoms with Crippen LogP contribution in [0.25, 0.3) is 0 Å². The van der Waals surface area contributed by atoms with Crippen LogP contribution < -0.4 is 5.32 Å².